The second-order valence-corrected chi connectivity index (χ2v) is 6.17. The van der Waals surface area contributed by atoms with Gasteiger partial charge in [-0.1, -0.05) is 54.6 Å². The van der Waals surface area contributed by atoms with E-state index in [9.17, 15) is 4.79 Å². The molecular formula is C20H23NO3. The van der Waals surface area contributed by atoms with Gasteiger partial charge in [0.25, 0.3) is 0 Å². The van der Waals surface area contributed by atoms with E-state index in [0.29, 0.717) is 32.8 Å². The lowest BCUT2D eigenvalue weighted by atomic mass is 9.92. The molecule has 1 N–H and O–H groups in total. The maximum atomic E-state index is 11.7. The summed E-state index contributed by atoms with van der Waals surface area (Å²) in [4.78, 5) is 11.7. The Kier molecular flexibility index (Phi) is 5.28. The first-order valence-electron chi connectivity index (χ1n) is 8.33. The van der Waals surface area contributed by atoms with Gasteiger partial charge in [0.05, 0.1) is 31.8 Å². The molecule has 1 heterocycles. The van der Waals surface area contributed by atoms with E-state index in [-0.39, 0.29) is 11.5 Å². The average Bonchev–Trinajstić information content (AvgIpc) is 2.59. The molecule has 2 aromatic carbocycles. The number of nitrogens with one attached hydrogen (secondary N) is 1. The summed E-state index contributed by atoms with van der Waals surface area (Å²) in [5.41, 5.74) is 3.31. The van der Waals surface area contributed by atoms with Crippen LogP contribution in [-0.2, 0) is 20.8 Å². The van der Waals surface area contributed by atoms with E-state index in [1.807, 2.05) is 25.1 Å². The lowest BCUT2D eigenvalue weighted by Gasteiger charge is -2.41. The van der Waals surface area contributed by atoms with E-state index in [0.717, 1.165) is 0 Å². The van der Waals surface area contributed by atoms with Gasteiger partial charge in [-0.15, -0.1) is 0 Å². The first-order chi connectivity index (χ1) is 11.7. The maximum absolute atomic E-state index is 11.7. The molecule has 0 aromatic heterocycles. The summed E-state index contributed by atoms with van der Waals surface area (Å²) in [6.07, 6.45) is 0.350. The molecule has 1 aliphatic heterocycles. The minimum Gasteiger partial charge on any atom is -0.466 e. The Labute approximate surface area is 142 Å². The highest BCUT2D eigenvalue weighted by molar-refractivity contribution is 5.71. The Bertz CT molecular complexity index is 663. The smallest absolute Gasteiger partial charge is 0.307 e. The molecule has 0 spiro atoms. The highest BCUT2D eigenvalue weighted by Gasteiger charge is 2.40. The molecule has 0 atom stereocenters. The molecule has 0 radical (unpaired) electrons. The quantitative estimate of drug-likeness (QED) is 0.794. The molecular weight excluding hydrogens is 302 g/mol. The van der Waals surface area contributed by atoms with Crippen LogP contribution in [-0.4, -0.2) is 31.3 Å². The third kappa shape index (κ3) is 4.02. The fourth-order valence-corrected chi connectivity index (χ4v) is 2.84. The van der Waals surface area contributed by atoms with Crippen molar-refractivity contribution < 1.29 is 14.3 Å². The van der Waals surface area contributed by atoms with Crippen molar-refractivity contribution in [1.29, 1.82) is 0 Å². The topological polar surface area (TPSA) is 47.6 Å². The summed E-state index contributed by atoms with van der Waals surface area (Å²) in [5, 5.41) is 3.47. The molecule has 1 aliphatic rings. The van der Waals surface area contributed by atoms with E-state index >= 15 is 0 Å². The van der Waals surface area contributed by atoms with Crippen LogP contribution in [0.15, 0.2) is 54.6 Å². The summed E-state index contributed by atoms with van der Waals surface area (Å²) in [7, 11) is 0. The van der Waals surface area contributed by atoms with Crippen molar-refractivity contribution in [2.24, 2.45) is 0 Å². The van der Waals surface area contributed by atoms with Gasteiger partial charge in [-0.3, -0.25) is 4.79 Å². The Balaban J connectivity index is 1.59. The fourth-order valence-electron chi connectivity index (χ4n) is 2.84. The van der Waals surface area contributed by atoms with E-state index in [4.69, 9.17) is 9.47 Å². The van der Waals surface area contributed by atoms with E-state index in [1.165, 1.54) is 16.7 Å². The molecule has 0 aliphatic carbocycles. The van der Waals surface area contributed by atoms with Crippen LogP contribution in [0.3, 0.4) is 0 Å². The summed E-state index contributed by atoms with van der Waals surface area (Å²) in [6.45, 7) is 4.04. The molecule has 24 heavy (non-hydrogen) atoms. The van der Waals surface area contributed by atoms with Crippen LogP contribution < -0.4 is 5.32 Å². The molecule has 126 valence electrons. The molecule has 3 rings (SSSR count). The van der Waals surface area contributed by atoms with Gasteiger partial charge in [0, 0.05) is 6.54 Å². The van der Waals surface area contributed by atoms with Crippen LogP contribution in [0.2, 0.25) is 0 Å². The number of carbonyl (C=O) groups is 1. The maximum Gasteiger partial charge on any atom is 0.307 e. The van der Waals surface area contributed by atoms with Gasteiger partial charge >= 0.3 is 5.97 Å². The van der Waals surface area contributed by atoms with Gasteiger partial charge in [0.2, 0.25) is 0 Å². The third-order valence-electron chi connectivity index (χ3n) is 4.27. The molecule has 1 saturated heterocycles. The van der Waals surface area contributed by atoms with Crippen molar-refractivity contribution in [3.8, 4) is 11.1 Å². The van der Waals surface area contributed by atoms with Crippen molar-refractivity contribution >= 4 is 5.97 Å². The Morgan fingerprint density at radius 3 is 2.33 bits per heavy atom. The van der Waals surface area contributed by atoms with Crippen LogP contribution in [0.1, 0.15) is 18.9 Å². The van der Waals surface area contributed by atoms with E-state index in [2.05, 4.69) is 41.7 Å². The van der Waals surface area contributed by atoms with Crippen molar-refractivity contribution in [2.75, 3.05) is 19.8 Å². The molecule has 4 heteroatoms. The van der Waals surface area contributed by atoms with Gasteiger partial charge in [-0.2, -0.15) is 0 Å². The Morgan fingerprint density at radius 2 is 1.75 bits per heavy atom. The van der Waals surface area contributed by atoms with Crippen LogP contribution >= 0.6 is 0 Å². The number of hydrogen-bond acceptors (Lipinski definition) is 4. The number of esters is 1. The largest absolute Gasteiger partial charge is 0.466 e. The summed E-state index contributed by atoms with van der Waals surface area (Å²) < 4.78 is 10.4. The van der Waals surface area contributed by atoms with Gasteiger partial charge < -0.3 is 14.8 Å². The van der Waals surface area contributed by atoms with Crippen molar-refractivity contribution in [3.05, 3.63) is 60.2 Å². The fraction of sp³-hybridized carbons (Fsp3) is 0.350. The SMILES string of the molecule is CCOC(=O)CC1(NCc2ccc(-c3ccccc3)cc2)COC1. The summed E-state index contributed by atoms with van der Waals surface area (Å²) in [5.74, 6) is -0.173. The standard InChI is InChI=1S/C20H23NO3/c1-2-24-19(22)12-20(14-23-15-20)21-13-16-8-10-18(11-9-16)17-6-4-3-5-7-17/h3-11,21H,2,12-15H2,1H3. The predicted molar refractivity (Wildman–Crippen MR) is 93.5 cm³/mol. The second kappa shape index (κ2) is 7.60. The lowest BCUT2D eigenvalue weighted by Crippen LogP contribution is -2.61. The molecule has 1 fully saturated rings. The number of rotatable bonds is 7. The van der Waals surface area contributed by atoms with Gasteiger partial charge in [-0.25, -0.2) is 0 Å². The Morgan fingerprint density at radius 1 is 1.08 bits per heavy atom. The molecule has 0 saturated carbocycles. The monoisotopic (exact) mass is 325 g/mol. The van der Waals surface area contributed by atoms with E-state index in [1.54, 1.807) is 0 Å². The van der Waals surface area contributed by atoms with Crippen molar-refractivity contribution in [3.63, 3.8) is 0 Å². The molecule has 0 unspecified atom stereocenters. The normalized spacial score (nSPS) is 15.5. The number of hydrogen-bond donors (Lipinski definition) is 1. The van der Waals surface area contributed by atoms with Crippen LogP contribution in [0.25, 0.3) is 11.1 Å². The molecule has 2 aromatic rings. The minimum atomic E-state index is -0.287. The van der Waals surface area contributed by atoms with Crippen LogP contribution in [0.4, 0.5) is 0 Å². The van der Waals surface area contributed by atoms with Gasteiger partial charge in [-0.05, 0) is 23.6 Å². The average molecular weight is 325 g/mol. The highest BCUT2D eigenvalue weighted by Crippen LogP contribution is 2.23. The van der Waals surface area contributed by atoms with Crippen molar-refractivity contribution in [2.45, 2.75) is 25.4 Å². The van der Waals surface area contributed by atoms with Gasteiger partial charge in [0.1, 0.15) is 0 Å². The summed E-state index contributed by atoms with van der Waals surface area (Å²) >= 11 is 0. The summed E-state index contributed by atoms with van der Waals surface area (Å²) in [6, 6.07) is 18.8. The minimum absolute atomic E-state index is 0.173. The zero-order valence-corrected chi connectivity index (χ0v) is 14.0. The number of benzene rings is 2. The highest BCUT2D eigenvalue weighted by atomic mass is 16.5. The number of ether oxygens (including phenoxy) is 2. The first kappa shape index (κ1) is 16.7. The van der Waals surface area contributed by atoms with Gasteiger partial charge in [0.15, 0.2) is 0 Å². The zero-order chi connectivity index (χ0) is 16.8. The zero-order valence-electron chi connectivity index (χ0n) is 14.0. The van der Waals surface area contributed by atoms with E-state index < -0.39 is 0 Å². The second-order valence-electron chi connectivity index (χ2n) is 6.17. The third-order valence-corrected chi connectivity index (χ3v) is 4.27. The van der Waals surface area contributed by atoms with Crippen LogP contribution in [0, 0.1) is 0 Å². The predicted octanol–water partition coefficient (Wildman–Crippen LogP) is 3.17. The molecule has 0 bridgehead atoms. The van der Waals surface area contributed by atoms with Crippen molar-refractivity contribution in [1.82, 2.24) is 5.32 Å². The Hall–Kier alpha value is -2.17. The number of carbonyl (C=O) groups excluding carboxylic acids is 1. The molecule has 4 nitrogen and oxygen atoms in total. The van der Waals surface area contributed by atoms with Crippen LogP contribution in [0.5, 0.6) is 0 Å². The lowest BCUT2D eigenvalue weighted by molar-refractivity contribution is -0.152. The molecule has 0 amide bonds. The first-order valence-corrected chi connectivity index (χ1v) is 8.33.